The third kappa shape index (κ3) is 3.15. The van der Waals surface area contributed by atoms with E-state index in [0.29, 0.717) is 19.1 Å². The number of ether oxygens (including phenoxy) is 1. The van der Waals surface area contributed by atoms with Gasteiger partial charge < -0.3 is 14.2 Å². The van der Waals surface area contributed by atoms with E-state index in [9.17, 15) is 4.79 Å². The summed E-state index contributed by atoms with van der Waals surface area (Å²) in [6.07, 6.45) is 4.58. The summed E-state index contributed by atoms with van der Waals surface area (Å²) < 4.78 is 7.38. The second-order valence-corrected chi connectivity index (χ2v) is 5.31. The normalized spacial score (nSPS) is 18.4. The Bertz CT molecular complexity index is 420. The number of hydrogen-bond acceptors (Lipinski definition) is 3. The highest BCUT2D eigenvalue weighted by Gasteiger charge is 2.24. The molecule has 106 valence electrons. The molecular formula is C14H23N3O2. The van der Waals surface area contributed by atoms with Crippen molar-refractivity contribution in [1.29, 1.82) is 0 Å². The fourth-order valence-electron chi connectivity index (χ4n) is 2.45. The lowest BCUT2D eigenvalue weighted by atomic mass is 10.2. The number of imidazole rings is 1. The highest BCUT2D eigenvalue weighted by atomic mass is 16.5. The Hall–Kier alpha value is -1.36. The molecule has 2 rings (SSSR count). The Balaban J connectivity index is 2.11. The average Bonchev–Trinajstić information content (AvgIpc) is 2.73. The maximum atomic E-state index is 12.5. The van der Waals surface area contributed by atoms with Crippen LogP contribution in [0.3, 0.4) is 0 Å². The minimum Gasteiger partial charge on any atom is -0.380 e. The van der Waals surface area contributed by atoms with Crippen LogP contribution in [-0.4, -0.2) is 46.7 Å². The smallest absolute Gasteiger partial charge is 0.245 e. The molecule has 1 atom stereocenters. The summed E-state index contributed by atoms with van der Waals surface area (Å²) in [5.41, 5.74) is 0. The first-order valence-electron chi connectivity index (χ1n) is 7.00. The molecule has 0 radical (unpaired) electrons. The lowest BCUT2D eigenvalue weighted by Gasteiger charge is -2.25. The van der Waals surface area contributed by atoms with Crippen LogP contribution in [0.5, 0.6) is 0 Å². The highest BCUT2D eigenvalue weighted by molar-refractivity contribution is 5.80. The zero-order valence-corrected chi connectivity index (χ0v) is 12.0. The molecule has 19 heavy (non-hydrogen) atoms. The second-order valence-electron chi connectivity index (χ2n) is 5.31. The van der Waals surface area contributed by atoms with Gasteiger partial charge in [-0.2, -0.15) is 0 Å². The number of aromatic nitrogens is 2. The van der Waals surface area contributed by atoms with Crippen molar-refractivity contribution >= 4 is 5.91 Å². The first-order valence-corrected chi connectivity index (χ1v) is 7.00. The van der Waals surface area contributed by atoms with Crippen LogP contribution in [0.2, 0.25) is 0 Å². The van der Waals surface area contributed by atoms with E-state index in [1.54, 1.807) is 6.20 Å². The van der Waals surface area contributed by atoms with Crippen LogP contribution in [0.1, 0.15) is 45.0 Å². The van der Waals surface area contributed by atoms with Crippen LogP contribution in [0, 0.1) is 0 Å². The first-order chi connectivity index (χ1) is 9.11. The molecule has 1 fully saturated rings. The van der Waals surface area contributed by atoms with Gasteiger partial charge in [0.05, 0.1) is 6.61 Å². The Kier molecular flexibility index (Phi) is 4.58. The summed E-state index contributed by atoms with van der Waals surface area (Å²) in [6.45, 7) is 9.00. The summed E-state index contributed by atoms with van der Waals surface area (Å²) in [5, 5.41) is 0. The summed E-state index contributed by atoms with van der Waals surface area (Å²) in [4.78, 5) is 18.8. The monoisotopic (exact) mass is 265 g/mol. The number of nitrogens with zero attached hydrogens (tertiary/aromatic N) is 3. The van der Waals surface area contributed by atoms with E-state index in [1.165, 1.54) is 0 Å². The van der Waals surface area contributed by atoms with Crippen molar-refractivity contribution in [2.24, 2.45) is 0 Å². The first kappa shape index (κ1) is 14.1. The lowest BCUT2D eigenvalue weighted by molar-refractivity contribution is -0.134. The van der Waals surface area contributed by atoms with Gasteiger partial charge in [-0.05, 0) is 13.3 Å². The zero-order chi connectivity index (χ0) is 13.8. The van der Waals surface area contributed by atoms with Gasteiger partial charge in [-0.1, -0.05) is 13.8 Å². The van der Waals surface area contributed by atoms with Gasteiger partial charge in [-0.25, -0.2) is 4.98 Å². The van der Waals surface area contributed by atoms with Crippen molar-refractivity contribution < 1.29 is 9.53 Å². The Morgan fingerprint density at radius 2 is 2.11 bits per heavy atom. The molecule has 0 spiro atoms. The van der Waals surface area contributed by atoms with Crippen molar-refractivity contribution in [3.8, 4) is 0 Å². The predicted octanol–water partition coefficient (Wildman–Crippen LogP) is 1.82. The third-order valence-electron chi connectivity index (χ3n) is 3.52. The van der Waals surface area contributed by atoms with Crippen molar-refractivity contribution in [2.75, 3.05) is 26.3 Å². The minimum absolute atomic E-state index is 0.158. The largest absolute Gasteiger partial charge is 0.380 e. The van der Waals surface area contributed by atoms with Crippen molar-refractivity contribution in [2.45, 2.75) is 39.2 Å². The zero-order valence-electron chi connectivity index (χ0n) is 12.0. The topological polar surface area (TPSA) is 47.4 Å². The van der Waals surface area contributed by atoms with Crippen molar-refractivity contribution in [1.82, 2.24) is 14.5 Å². The summed E-state index contributed by atoms with van der Waals surface area (Å²) >= 11 is 0. The fourth-order valence-corrected chi connectivity index (χ4v) is 2.45. The molecule has 0 aliphatic carbocycles. The van der Waals surface area contributed by atoms with E-state index in [-0.39, 0.29) is 11.9 Å². The van der Waals surface area contributed by atoms with Crippen molar-refractivity contribution in [3.63, 3.8) is 0 Å². The van der Waals surface area contributed by atoms with Crippen LogP contribution < -0.4 is 0 Å². The highest BCUT2D eigenvalue weighted by Crippen LogP contribution is 2.19. The standard InChI is InChI=1S/C14H23N3O2/c1-11(2)13-15-5-7-17(13)12(3)14(18)16-6-4-9-19-10-8-16/h5,7,11-12H,4,6,8-10H2,1-3H3/t12-/m0/s1. The molecular weight excluding hydrogens is 242 g/mol. The van der Waals surface area contributed by atoms with Gasteiger partial charge in [0.25, 0.3) is 0 Å². The number of rotatable bonds is 3. The van der Waals surface area contributed by atoms with Crippen LogP contribution in [0.15, 0.2) is 12.4 Å². The van der Waals surface area contributed by atoms with Crippen LogP contribution >= 0.6 is 0 Å². The number of carbonyl (C=O) groups is 1. The second kappa shape index (κ2) is 6.19. The van der Waals surface area contributed by atoms with Gasteiger partial charge >= 0.3 is 0 Å². The Morgan fingerprint density at radius 1 is 1.32 bits per heavy atom. The lowest BCUT2D eigenvalue weighted by Crippen LogP contribution is -2.38. The van der Waals surface area contributed by atoms with E-state index in [2.05, 4.69) is 18.8 Å². The molecule has 0 unspecified atom stereocenters. The molecule has 0 N–H and O–H groups in total. The SMILES string of the molecule is CC(C)c1nccn1[C@@H](C)C(=O)N1CCCOCC1. The average molecular weight is 265 g/mol. The van der Waals surface area contributed by atoms with Crippen LogP contribution in [-0.2, 0) is 9.53 Å². The van der Waals surface area contributed by atoms with E-state index < -0.39 is 0 Å². The van der Waals surface area contributed by atoms with Gasteiger partial charge in [0, 0.05) is 38.0 Å². The van der Waals surface area contributed by atoms with Gasteiger partial charge in [0.15, 0.2) is 0 Å². The molecule has 1 aromatic rings. The van der Waals surface area contributed by atoms with Gasteiger partial charge in [0.1, 0.15) is 11.9 Å². The van der Waals surface area contributed by atoms with Crippen molar-refractivity contribution in [3.05, 3.63) is 18.2 Å². The molecule has 0 aromatic carbocycles. The molecule has 0 saturated carbocycles. The van der Waals surface area contributed by atoms with E-state index in [4.69, 9.17) is 4.74 Å². The van der Waals surface area contributed by atoms with E-state index >= 15 is 0 Å². The molecule has 5 nitrogen and oxygen atoms in total. The molecule has 0 bridgehead atoms. The summed E-state index contributed by atoms with van der Waals surface area (Å²) in [6, 6.07) is -0.196. The Labute approximate surface area is 114 Å². The van der Waals surface area contributed by atoms with E-state index in [0.717, 1.165) is 25.4 Å². The minimum atomic E-state index is -0.196. The maximum absolute atomic E-state index is 12.5. The summed E-state index contributed by atoms with van der Waals surface area (Å²) in [7, 11) is 0. The summed E-state index contributed by atoms with van der Waals surface area (Å²) in [5.74, 6) is 1.44. The number of carbonyl (C=O) groups excluding carboxylic acids is 1. The predicted molar refractivity (Wildman–Crippen MR) is 73.0 cm³/mol. The van der Waals surface area contributed by atoms with Gasteiger partial charge in [0.2, 0.25) is 5.91 Å². The molecule has 2 heterocycles. The molecule has 1 aliphatic heterocycles. The van der Waals surface area contributed by atoms with Gasteiger partial charge in [-0.15, -0.1) is 0 Å². The molecule has 1 aliphatic rings. The Morgan fingerprint density at radius 3 is 2.84 bits per heavy atom. The van der Waals surface area contributed by atoms with Crippen LogP contribution in [0.4, 0.5) is 0 Å². The molecule has 1 saturated heterocycles. The number of hydrogen-bond donors (Lipinski definition) is 0. The number of amides is 1. The fraction of sp³-hybridized carbons (Fsp3) is 0.714. The maximum Gasteiger partial charge on any atom is 0.245 e. The molecule has 1 amide bonds. The van der Waals surface area contributed by atoms with Gasteiger partial charge in [-0.3, -0.25) is 4.79 Å². The third-order valence-corrected chi connectivity index (χ3v) is 3.52. The molecule has 5 heteroatoms. The van der Waals surface area contributed by atoms with Crippen LogP contribution in [0.25, 0.3) is 0 Å². The van der Waals surface area contributed by atoms with E-state index in [1.807, 2.05) is 22.6 Å². The molecule has 1 aromatic heterocycles. The quantitative estimate of drug-likeness (QED) is 0.837.